The zero-order valence-corrected chi connectivity index (χ0v) is 17.0. The van der Waals surface area contributed by atoms with E-state index in [2.05, 4.69) is 20.6 Å². The van der Waals surface area contributed by atoms with Crippen LogP contribution >= 0.6 is 0 Å². The van der Waals surface area contributed by atoms with Crippen LogP contribution in [0.4, 0.5) is 4.39 Å². The number of aryl methyl sites for hydroxylation is 1. The molecule has 1 unspecified atom stereocenters. The number of nitrogens with one attached hydrogen (secondary N) is 2. The lowest BCUT2D eigenvalue weighted by Crippen LogP contribution is -2.38. The van der Waals surface area contributed by atoms with E-state index in [1.165, 1.54) is 0 Å². The third-order valence-corrected chi connectivity index (χ3v) is 4.15. The molecule has 0 fully saturated rings. The molecular formula is C21H29FN4O2. The number of hydrogen-bond donors (Lipinski definition) is 2. The molecule has 0 aliphatic carbocycles. The van der Waals surface area contributed by atoms with Crippen molar-refractivity contribution < 1.29 is 13.9 Å². The minimum atomic E-state index is -0.202. The number of pyridine rings is 1. The van der Waals surface area contributed by atoms with Gasteiger partial charge in [-0.1, -0.05) is 18.2 Å². The van der Waals surface area contributed by atoms with E-state index in [1.54, 1.807) is 32.4 Å². The Kier molecular flexibility index (Phi) is 8.68. The number of ether oxygens (including phenoxy) is 2. The summed E-state index contributed by atoms with van der Waals surface area (Å²) in [5.41, 5.74) is 2.47. The monoisotopic (exact) mass is 388 g/mol. The van der Waals surface area contributed by atoms with E-state index in [0.717, 1.165) is 17.7 Å². The number of benzene rings is 1. The molecule has 0 saturated heterocycles. The maximum atomic E-state index is 13.8. The Hall–Kier alpha value is -2.67. The van der Waals surface area contributed by atoms with Crippen LogP contribution in [0.2, 0.25) is 0 Å². The van der Waals surface area contributed by atoms with Crippen LogP contribution in [0, 0.1) is 12.7 Å². The molecule has 0 aliphatic heterocycles. The van der Waals surface area contributed by atoms with Gasteiger partial charge in [-0.3, -0.25) is 0 Å². The Balaban J connectivity index is 1.98. The summed E-state index contributed by atoms with van der Waals surface area (Å²) >= 11 is 0. The Labute approximate surface area is 166 Å². The summed E-state index contributed by atoms with van der Waals surface area (Å²) < 4.78 is 24.2. The first-order valence-corrected chi connectivity index (χ1v) is 9.41. The summed E-state index contributed by atoms with van der Waals surface area (Å²) in [5.74, 6) is 1.02. The van der Waals surface area contributed by atoms with Gasteiger partial charge in [-0.25, -0.2) is 14.4 Å². The van der Waals surface area contributed by atoms with Gasteiger partial charge in [0, 0.05) is 25.9 Å². The van der Waals surface area contributed by atoms with Gasteiger partial charge in [0.1, 0.15) is 12.4 Å². The van der Waals surface area contributed by atoms with Crippen LogP contribution in [-0.2, 0) is 11.3 Å². The molecule has 0 amide bonds. The smallest absolute Gasteiger partial charge is 0.213 e. The molecule has 2 N–H and O–H groups in total. The molecular weight excluding hydrogens is 359 g/mol. The van der Waals surface area contributed by atoms with Gasteiger partial charge < -0.3 is 20.1 Å². The molecule has 0 bridgehead atoms. The molecule has 0 spiro atoms. The summed E-state index contributed by atoms with van der Waals surface area (Å²) in [6, 6.07) is 8.94. The minimum Gasteiger partial charge on any atom is -0.475 e. The molecule has 152 valence electrons. The van der Waals surface area contributed by atoms with E-state index in [0.29, 0.717) is 37.2 Å². The van der Waals surface area contributed by atoms with Gasteiger partial charge in [0.15, 0.2) is 5.96 Å². The van der Waals surface area contributed by atoms with Crippen LogP contribution in [-0.4, -0.2) is 37.8 Å². The molecule has 28 heavy (non-hydrogen) atoms. The third-order valence-electron chi connectivity index (χ3n) is 4.15. The first-order valence-electron chi connectivity index (χ1n) is 9.41. The molecule has 6 nitrogen and oxygen atoms in total. The number of guanidine groups is 1. The second kappa shape index (κ2) is 11.2. The molecule has 1 atom stereocenters. The van der Waals surface area contributed by atoms with E-state index >= 15 is 0 Å². The third kappa shape index (κ3) is 6.81. The van der Waals surface area contributed by atoms with Gasteiger partial charge in [-0.15, -0.1) is 0 Å². The highest BCUT2D eigenvalue weighted by Gasteiger charge is 2.10. The summed E-state index contributed by atoms with van der Waals surface area (Å²) in [4.78, 5) is 8.87. The molecule has 1 aromatic carbocycles. The van der Waals surface area contributed by atoms with Crippen LogP contribution in [0.3, 0.4) is 0 Å². The summed E-state index contributed by atoms with van der Waals surface area (Å²) in [7, 11) is 1.63. The number of halogens is 1. The molecule has 2 rings (SSSR count). The fraction of sp³-hybridized carbons (Fsp3) is 0.429. The van der Waals surface area contributed by atoms with Crippen LogP contribution in [0.15, 0.2) is 41.5 Å². The molecule has 0 radical (unpaired) electrons. The van der Waals surface area contributed by atoms with Crippen molar-refractivity contribution in [1.82, 2.24) is 15.6 Å². The lowest BCUT2D eigenvalue weighted by Gasteiger charge is -2.18. The van der Waals surface area contributed by atoms with Crippen molar-refractivity contribution in [1.29, 1.82) is 0 Å². The summed E-state index contributed by atoms with van der Waals surface area (Å²) in [6.45, 7) is 7.92. The van der Waals surface area contributed by atoms with E-state index in [4.69, 9.17) is 9.47 Å². The number of aliphatic imine (C=N–C) groups is 1. The maximum absolute atomic E-state index is 13.8. The highest BCUT2D eigenvalue weighted by Crippen LogP contribution is 2.16. The lowest BCUT2D eigenvalue weighted by atomic mass is 10.1. The predicted molar refractivity (Wildman–Crippen MR) is 109 cm³/mol. The zero-order valence-electron chi connectivity index (χ0n) is 17.0. The van der Waals surface area contributed by atoms with Gasteiger partial charge in [0.25, 0.3) is 0 Å². The first-order chi connectivity index (χ1) is 13.5. The Morgan fingerprint density at radius 3 is 2.71 bits per heavy atom. The van der Waals surface area contributed by atoms with Crippen LogP contribution in [0.25, 0.3) is 0 Å². The van der Waals surface area contributed by atoms with Crippen molar-refractivity contribution in [3.05, 3.63) is 59.0 Å². The molecule has 1 heterocycles. The van der Waals surface area contributed by atoms with Crippen molar-refractivity contribution in [3.8, 4) is 5.88 Å². The quantitative estimate of drug-likeness (QED) is 0.392. The van der Waals surface area contributed by atoms with Crippen molar-refractivity contribution >= 4 is 5.96 Å². The first kappa shape index (κ1) is 21.6. The Morgan fingerprint density at radius 1 is 1.25 bits per heavy atom. The lowest BCUT2D eigenvalue weighted by molar-refractivity contribution is 0.143. The summed E-state index contributed by atoms with van der Waals surface area (Å²) in [6.07, 6.45) is 1.74. The van der Waals surface area contributed by atoms with Crippen LogP contribution < -0.4 is 15.4 Å². The fourth-order valence-corrected chi connectivity index (χ4v) is 2.48. The summed E-state index contributed by atoms with van der Waals surface area (Å²) in [5, 5.41) is 6.52. The predicted octanol–water partition coefficient (Wildman–Crippen LogP) is 3.37. The van der Waals surface area contributed by atoms with Crippen LogP contribution in [0.1, 0.15) is 36.6 Å². The standard InChI is InChI=1S/C21H29FN4O2/c1-5-23-21(26-16(3)18-8-6-15(2)19(22)12-18)25-14-17-7-9-20(24-13-17)28-11-10-27-4/h6-9,12-13,16H,5,10-11,14H2,1-4H3,(H2,23,25,26). The number of rotatable bonds is 9. The second-order valence-corrected chi connectivity index (χ2v) is 6.42. The highest BCUT2D eigenvalue weighted by molar-refractivity contribution is 5.80. The van der Waals surface area contributed by atoms with E-state index in [1.807, 2.05) is 32.0 Å². The van der Waals surface area contributed by atoms with Gasteiger partial charge in [0.2, 0.25) is 5.88 Å². The van der Waals surface area contributed by atoms with Crippen molar-refractivity contribution in [2.24, 2.45) is 4.99 Å². The topological polar surface area (TPSA) is 67.8 Å². The van der Waals surface area contributed by atoms with Gasteiger partial charge in [-0.05, 0) is 43.5 Å². The van der Waals surface area contributed by atoms with E-state index in [-0.39, 0.29) is 11.9 Å². The molecule has 0 saturated carbocycles. The van der Waals surface area contributed by atoms with E-state index < -0.39 is 0 Å². The highest BCUT2D eigenvalue weighted by atomic mass is 19.1. The number of hydrogen-bond acceptors (Lipinski definition) is 4. The van der Waals surface area contributed by atoms with Gasteiger partial charge >= 0.3 is 0 Å². The normalized spacial score (nSPS) is 12.5. The molecule has 7 heteroatoms. The average molecular weight is 388 g/mol. The second-order valence-electron chi connectivity index (χ2n) is 6.42. The van der Waals surface area contributed by atoms with Crippen molar-refractivity contribution in [3.63, 3.8) is 0 Å². The number of methoxy groups -OCH3 is 1. The van der Waals surface area contributed by atoms with Gasteiger partial charge in [-0.2, -0.15) is 0 Å². The number of aromatic nitrogens is 1. The largest absolute Gasteiger partial charge is 0.475 e. The molecule has 1 aromatic heterocycles. The maximum Gasteiger partial charge on any atom is 0.213 e. The Bertz CT molecular complexity index is 766. The Morgan fingerprint density at radius 2 is 2.07 bits per heavy atom. The molecule has 2 aromatic rings. The van der Waals surface area contributed by atoms with E-state index in [9.17, 15) is 4.39 Å². The van der Waals surface area contributed by atoms with Crippen LogP contribution in [0.5, 0.6) is 5.88 Å². The van der Waals surface area contributed by atoms with Crippen molar-refractivity contribution in [2.45, 2.75) is 33.4 Å². The van der Waals surface area contributed by atoms with Crippen molar-refractivity contribution in [2.75, 3.05) is 26.9 Å². The van der Waals surface area contributed by atoms with Gasteiger partial charge in [0.05, 0.1) is 19.2 Å². The minimum absolute atomic E-state index is 0.0809. The average Bonchev–Trinajstić information content (AvgIpc) is 2.69. The zero-order chi connectivity index (χ0) is 20.4. The SMILES string of the molecule is CCNC(=NCc1ccc(OCCOC)nc1)NC(C)c1ccc(C)c(F)c1. The number of nitrogens with zero attached hydrogens (tertiary/aromatic N) is 2. The molecule has 0 aliphatic rings. The fourth-order valence-electron chi connectivity index (χ4n) is 2.48.